The molecule has 0 spiro atoms. The van der Waals surface area contributed by atoms with E-state index >= 15 is 0 Å². The fourth-order valence-electron chi connectivity index (χ4n) is 2.17. The number of pyridine rings is 1. The molecule has 1 saturated heterocycles. The minimum Gasteiger partial charge on any atom is -0.357 e. The van der Waals surface area contributed by atoms with Crippen molar-refractivity contribution in [2.75, 3.05) is 18.0 Å². The average Bonchev–Trinajstić information content (AvgIpc) is 2.54. The normalized spacial score (nSPS) is 21.9. The van der Waals surface area contributed by atoms with Gasteiger partial charge in [0.25, 0.3) is 0 Å². The smallest absolute Gasteiger partial charge is 0.128 e. The van der Waals surface area contributed by atoms with Crippen LogP contribution in [-0.4, -0.2) is 18.1 Å². The van der Waals surface area contributed by atoms with Gasteiger partial charge in [0.15, 0.2) is 0 Å². The highest BCUT2D eigenvalue weighted by atomic mass is 35.5. The fraction of sp³-hybridized carbons (Fsp3) is 0.615. The molecule has 1 fully saturated rings. The van der Waals surface area contributed by atoms with Gasteiger partial charge in [-0.2, -0.15) is 0 Å². The minimum atomic E-state index is 0.546. The minimum absolute atomic E-state index is 0.546. The largest absolute Gasteiger partial charge is 0.357 e. The molecule has 0 bridgehead atoms. The van der Waals surface area contributed by atoms with Crippen LogP contribution in [0.1, 0.15) is 31.7 Å². The first-order valence-corrected chi connectivity index (χ1v) is 6.59. The highest BCUT2D eigenvalue weighted by Crippen LogP contribution is 2.21. The van der Waals surface area contributed by atoms with Gasteiger partial charge >= 0.3 is 0 Å². The lowest BCUT2D eigenvalue weighted by atomic mass is 10.0. The van der Waals surface area contributed by atoms with Gasteiger partial charge in [0.1, 0.15) is 5.82 Å². The number of hydrogen-bond acceptors (Lipinski definition) is 2. The van der Waals surface area contributed by atoms with Gasteiger partial charge in [-0.25, -0.2) is 4.98 Å². The lowest BCUT2D eigenvalue weighted by Gasteiger charge is -2.21. The Morgan fingerprint density at radius 3 is 2.94 bits per heavy atom. The van der Waals surface area contributed by atoms with Crippen molar-refractivity contribution in [1.29, 1.82) is 0 Å². The second kappa shape index (κ2) is 5.53. The van der Waals surface area contributed by atoms with E-state index < -0.39 is 0 Å². The Kier molecular flexibility index (Phi) is 4.05. The first-order chi connectivity index (χ1) is 7.79. The van der Waals surface area contributed by atoms with Gasteiger partial charge in [-0.3, -0.25) is 0 Å². The summed E-state index contributed by atoms with van der Waals surface area (Å²) in [7, 11) is 0. The molecule has 0 N–H and O–H groups in total. The first-order valence-electron chi connectivity index (χ1n) is 6.05. The van der Waals surface area contributed by atoms with Crippen LogP contribution >= 0.6 is 11.6 Å². The summed E-state index contributed by atoms with van der Waals surface area (Å²) >= 11 is 5.76. The molecule has 1 atom stereocenters. The molecular weight excluding hydrogens is 220 g/mol. The van der Waals surface area contributed by atoms with Crippen LogP contribution in [0.3, 0.4) is 0 Å². The van der Waals surface area contributed by atoms with Crippen molar-refractivity contribution in [1.82, 2.24) is 4.98 Å². The van der Waals surface area contributed by atoms with E-state index in [-0.39, 0.29) is 0 Å². The zero-order valence-corrected chi connectivity index (χ0v) is 10.6. The van der Waals surface area contributed by atoms with E-state index in [9.17, 15) is 0 Å². The van der Waals surface area contributed by atoms with Gasteiger partial charge in [0.05, 0.1) is 0 Å². The summed E-state index contributed by atoms with van der Waals surface area (Å²) in [6, 6.07) is 4.16. The number of hydrogen-bond donors (Lipinski definition) is 0. The molecule has 1 aromatic rings. The molecule has 16 heavy (non-hydrogen) atoms. The highest BCUT2D eigenvalue weighted by molar-refractivity contribution is 6.17. The summed E-state index contributed by atoms with van der Waals surface area (Å²) in [6.45, 7) is 4.61. The van der Waals surface area contributed by atoms with Crippen molar-refractivity contribution in [2.45, 2.75) is 32.1 Å². The fourth-order valence-corrected chi connectivity index (χ4v) is 2.33. The maximum atomic E-state index is 5.76. The second-order valence-electron chi connectivity index (χ2n) is 4.68. The molecule has 1 aromatic heterocycles. The first kappa shape index (κ1) is 11.7. The van der Waals surface area contributed by atoms with Crippen LogP contribution in [-0.2, 0) is 5.88 Å². The van der Waals surface area contributed by atoms with Gasteiger partial charge in [-0.15, -0.1) is 11.6 Å². The summed E-state index contributed by atoms with van der Waals surface area (Å²) < 4.78 is 0. The van der Waals surface area contributed by atoms with E-state index in [1.165, 1.54) is 19.3 Å². The maximum Gasteiger partial charge on any atom is 0.128 e. The molecule has 0 saturated carbocycles. The van der Waals surface area contributed by atoms with Crippen LogP contribution < -0.4 is 4.90 Å². The topological polar surface area (TPSA) is 16.1 Å². The lowest BCUT2D eigenvalue weighted by molar-refractivity contribution is 0.521. The van der Waals surface area contributed by atoms with Crippen molar-refractivity contribution < 1.29 is 0 Å². The Morgan fingerprint density at radius 1 is 1.38 bits per heavy atom. The monoisotopic (exact) mass is 238 g/mol. The predicted octanol–water partition coefficient (Wildman–Crippen LogP) is 3.45. The van der Waals surface area contributed by atoms with Crippen molar-refractivity contribution in [3.63, 3.8) is 0 Å². The Labute approximate surface area is 103 Å². The molecule has 88 valence electrons. The van der Waals surface area contributed by atoms with Gasteiger partial charge in [-0.05, 0) is 36.8 Å². The van der Waals surface area contributed by atoms with E-state index in [0.29, 0.717) is 5.88 Å². The van der Waals surface area contributed by atoms with Crippen molar-refractivity contribution in [3.05, 3.63) is 23.9 Å². The Morgan fingerprint density at radius 2 is 2.25 bits per heavy atom. The molecule has 0 aromatic carbocycles. The highest BCUT2D eigenvalue weighted by Gasteiger charge is 2.14. The summed E-state index contributed by atoms with van der Waals surface area (Å²) in [6.07, 6.45) is 5.78. The maximum absolute atomic E-state index is 5.76. The Bertz CT molecular complexity index is 323. The van der Waals surface area contributed by atoms with E-state index in [1.807, 2.05) is 6.20 Å². The third kappa shape index (κ3) is 2.88. The number of anilines is 1. The average molecular weight is 239 g/mol. The number of halogens is 1. The number of alkyl halides is 1. The molecule has 0 amide bonds. The van der Waals surface area contributed by atoms with Crippen LogP contribution in [0.15, 0.2) is 18.3 Å². The van der Waals surface area contributed by atoms with E-state index in [2.05, 4.69) is 28.9 Å². The lowest BCUT2D eigenvalue weighted by Crippen LogP contribution is -2.25. The number of nitrogens with zero attached hydrogens (tertiary/aromatic N) is 2. The molecule has 1 unspecified atom stereocenters. The summed E-state index contributed by atoms with van der Waals surface area (Å²) in [5.74, 6) is 2.50. The zero-order valence-electron chi connectivity index (χ0n) is 9.82. The van der Waals surface area contributed by atoms with Crippen molar-refractivity contribution >= 4 is 17.4 Å². The molecule has 2 rings (SSSR count). The Hall–Kier alpha value is -0.760. The standard InChI is InChI=1S/C13H19ClN2/c1-11-3-2-7-16(8-6-11)13-5-4-12(9-14)10-15-13/h4-5,10-11H,2-3,6-9H2,1H3. The molecule has 1 aliphatic rings. The SMILES string of the molecule is CC1CCCN(c2ccc(CCl)cn2)CC1. The van der Waals surface area contributed by atoms with Crippen LogP contribution in [0.5, 0.6) is 0 Å². The Balaban J connectivity index is 2.04. The molecule has 2 nitrogen and oxygen atoms in total. The van der Waals surface area contributed by atoms with Crippen LogP contribution in [0.4, 0.5) is 5.82 Å². The van der Waals surface area contributed by atoms with Crippen LogP contribution in [0.25, 0.3) is 0 Å². The molecule has 1 aliphatic heterocycles. The van der Waals surface area contributed by atoms with Crippen molar-refractivity contribution in [2.24, 2.45) is 5.92 Å². The van der Waals surface area contributed by atoms with Crippen LogP contribution in [0, 0.1) is 5.92 Å². The van der Waals surface area contributed by atoms with Gasteiger partial charge in [0.2, 0.25) is 0 Å². The second-order valence-corrected chi connectivity index (χ2v) is 4.95. The third-order valence-corrected chi connectivity index (χ3v) is 3.61. The zero-order chi connectivity index (χ0) is 11.4. The molecule has 0 aliphatic carbocycles. The van der Waals surface area contributed by atoms with Gasteiger partial charge < -0.3 is 4.90 Å². The number of rotatable bonds is 2. The van der Waals surface area contributed by atoms with Gasteiger partial charge in [0, 0.05) is 25.2 Å². The van der Waals surface area contributed by atoms with E-state index in [4.69, 9.17) is 11.6 Å². The van der Waals surface area contributed by atoms with E-state index in [0.717, 1.165) is 30.4 Å². The molecule has 3 heteroatoms. The number of aromatic nitrogens is 1. The molecule has 2 heterocycles. The summed E-state index contributed by atoms with van der Waals surface area (Å²) in [5.41, 5.74) is 1.09. The van der Waals surface area contributed by atoms with Gasteiger partial charge in [-0.1, -0.05) is 13.0 Å². The quantitative estimate of drug-likeness (QED) is 0.734. The summed E-state index contributed by atoms with van der Waals surface area (Å²) in [5, 5.41) is 0. The summed E-state index contributed by atoms with van der Waals surface area (Å²) in [4.78, 5) is 6.87. The van der Waals surface area contributed by atoms with Crippen molar-refractivity contribution in [3.8, 4) is 0 Å². The van der Waals surface area contributed by atoms with E-state index in [1.54, 1.807) is 0 Å². The van der Waals surface area contributed by atoms with Crippen LogP contribution in [0.2, 0.25) is 0 Å². The third-order valence-electron chi connectivity index (χ3n) is 3.30. The molecule has 0 radical (unpaired) electrons. The predicted molar refractivity (Wildman–Crippen MR) is 69.0 cm³/mol. The molecular formula is C13H19ClN2.